The minimum atomic E-state index is -0.487. The van der Waals surface area contributed by atoms with E-state index in [2.05, 4.69) is 0 Å². The fourth-order valence-corrected chi connectivity index (χ4v) is 2.39. The summed E-state index contributed by atoms with van der Waals surface area (Å²) >= 11 is 0. The molecule has 4 heteroatoms. The van der Waals surface area contributed by atoms with Crippen LogP contribution in [0.1, 0.15) is 5.56 Å². The van der Waals surface area contributed by atoms with Gasteiger partial charge in [0.05, 0.1) is 5.69 Å². The molecule has 1 atom stereocenters. The van der Waals surface area contributed by atoms with Crippen LogP contribution in [0.4, 0.5) is 11.4 Å². The Kier molecular flexibility index (Phi) is 3.06. The number of carbonyl (C=O) groups excluding carboxylic acids is 1. The van der Waals surface area contributed by atoms with Gasteiger partial charge in [-0.05, 0) is 23.8 Å². The first-order chi connectivity index (χ1) is 9.65. The van der Waals surface area contributed by atoms with E-state index < -0.39 is 6.10 Å². The molecule has 0 saturated heterocycles. The van der Waals surface area contributed by atoms with E-state index in [0.29, 0.717) is 17.9 Å². The van der Waals surface area contributed by atoms with Crippen molar-refractivity contribution in [2.24, 2.45) is 0 Å². The number of nitrogens with two attached hydrogens (primary N) is 1. The smallest absolute Gasteiger partial charge is 0.268 e. The summed E-state index contributed by atoms with van der Waals surface area (Å²) in [5.74, 6) is 0.647. The summed E-state index contributed by atoms with van der Waals surface area (Å²) in [6, 6.07) is 15.2. The van der Waals surface area contributed by atoms with Crippen LogP contribution in [0.5, 0.6) is 5.75 Å². The van der Waals surface area contributed by atoms with Crippen LogP contribution in [-0.4, -0.2) is 19.1 Å². The summed E-state index contributed by atoms with van der Waals surface area (Å²) < 4.78 is 5.83. The zero-order valence-electron chi connectivity index (χ0n) is 11.2. The Morgan fingerprint density at radius 2 is 1.95 bits per heavy atom. The maximum absolute atomic E-state index is 12.4. The quantitative estimate of drug-likeness (QED) is 0.850. The van der Waals surface area contributed by atoms with Crippen LogP contribution in [0.15, 0.2) is 48.5 Å². The first-order valence-corrected chi connectivity index (χ1v) is 6.53. The van der Waals surface area contributed by atoms with Gasteiger partial charge >= 0.3 is 0 Å². The Morgan fingerprint density at radius 1 is 1.20 bits per heavy atom. The molecule has 1 aliphatic rings. The highest BCUT2D eigenvalue weighted by atomic mass is 16.5. The van der Waals surface area contributed by atoms with Crippen molar-refractivity contribution in [3.8, 4) is 5.75 Å². The Morgan fingerprint density at radius 3 is 2.70 bits per heavy atom. The summed E-state index contributed by atoms with van der Waals surface area (Å²) in [7, 11) is 1.75. The first-order valence-electron chi connectivity index (χ1n) is 6.53. The van der Waals surface area contributed by atoms with Crippen molar-refractivity contribution >= 4 is 17.3 Å². The molecule has 1 unspecified atom stereocenters. The van der Waals surface area contributed by atoms with Crippen LogP contribution in [0.3, 0.4) is 0 Å². The second-order valence-corrected chi connectivity index (χ2v) is 4.92. The Balaban J connectivity index is 1.89. The van der Waals surface area contributed by atoms with Crippen LogP contribution in [0.25, 0.3) is 0 Å². The van der Waals surface area contributed by atoms with Crippen molar-refractivity contribution in [2.45, 2.75) is 12.5 Å². The van der Waals surface area contributed by atoms with Gasteiger partial charge in [0.25, 0.3) is 5.91 Å². The number of hydrogen-bond donors (Lipinski definition) is 1. The van der Waals surface area contributed by atoms with Crippen molar-refractivity contribution in [1.29, 1.82) is 0 Å². The second-order valence-electron chi connectivity index (χ2n) is 4.92. The highest BCUT2D eigenvalue weighted by Gasteiger charge is 2.32. The van der Waals surface area contributed by atoms with Crippen molar-refractivity contribution in [3.63, 3.8) is 0 Å². The summed E-state index contributed by atoms with van der Waals surface area (Å²) in [5.41, 5.74) is 8.18. The van der Waals surface area contributed by atoms with Crippen LogP contribution >= 0.6 is 0 Å². The van der Waals surface area contributed by atoms with E-state index >= 15 is 0 Å². The topological polar surface area (TPSA) is 55.6 Å². The van der Waals surface area contributed by atoms with E-state index in [1.165, 1.54) is 0 Å². The molecule has 0 saturated carbocycles. The third-order valence-corrected chi connectivity index (χ3v) is 3.48. The van der Waals surface area contributed by atoms with E-state index in [9.17, 15) is 4.79 Å². The number of likely N-dealkylation sites (N-methyl/N-ethyl adjacent to an activating group) is 1. The van der Waals surface area contributed by atoms with Gasteiger partial charge in [0, 0.05) is 19.2 Å². The monoisotopic (exact) mass is 268 g/mol. The molecule has 2 aromatic carbocycles. The number of amides is 1. The minimum absolute atomic E-state index is 0.0491. The third-order valence-electron chi connectivity index (χ3n) is 3.48. The molecule has 0 aliphatic carbocycles. The van der Waals surface area contributed by atoms with Gasteiger partial charge in [0.1, 0.15) is 5.75 Å². The SMILES string of the molecule is CN1C(=O)C(Cc2ccccc2)Oc2ccc(N)cc21. The maximum Gasteiger partial charge on any atom is 0.268 e. The lowest BCUT2D eigenvalue weighted by atomic mass is 10.0. The standard InChI is InChI=1S/C16H16N2O2/c1-18-13-10-12(17)7-8-14(13)20-15(16(18)19)9-11-5-3-2-4-6-11/h2-8,10,15H,9,17H2,1H3. The van der Waals surface area contributed by atoms with Crippen molar-refractivity contribution < 1.29 is 9.53 Å². The van der Waals surface area contributed by atoms with Gasteiger partial charge in [-0.25, -0.2) is 0 Å². The number of rotatable bonds is 2. The molecule has 0 bridgehead atoms. The first kappa shape index (κ1) is 12.5. The molecule has 1 amide bonds. The molecule has 20 heavy (non-hydrogen) atoms. The summed E-state index contributed by atoms with van der Waals surface area (Å²) in [5, 5.41) is 0. The van der Waals surface area contributed by atoms with Gasteiger partial charge in [0.2, 0.25) is 0 Å². The van der Waals surface area contributed by atoms with E-state index in [1.807, 2.05) is 36.4 Å². The fourth-order valence-electron chi connectivity index (χ4n) is 2.39. The zero-order valence-corrected chi connectivity index (χ0v) is 11.2. The van der Waals surface area contributed by atoms with Gasteiger partial charge < -0.3 is 15.4 Å². The van der Waals surface area contributed by atoms with E-state index in [0.717, 1.165) is 11.3 Å². The third kappa shape index (κ3) is 2.20. The Bertz CT molecular complexity index is 640. The number of nitrogen functional groups attached to an aromatic ring is 1. The number of anilines is 2. The highest BCUT2D eigenvalue weighted by molar-refractivity contribution is 6.00. The number of fused-ring (bicyclic) bond motifs is 1. The molecule has 4 nitrogen and oxygen atoms in total. The molecule has 1 aliphatic heterocycles. The Labute approximate surface area is 117 Å². The van der Waals surface area contributed by atoms with E-state index in [-0.39, 0.29) is 5.91 Å². The largest absolute Gasteiger partial charge is 0.478 e. The molecular formula is C16H16N2O2. The van der Waals surface area contributed by atoms with Crippen molar-refractivity contribution in [3.05, 3.63) is 54.1 Å². The summed E-state index contributed by atoms with van der Waals surface area (Å²) in [6.45, 7) is 0. The van der Waals surface area contributed by atoms with Crippen LogP contribution in [0.2, 0.25) is 0 Å². The second kappa shape index (κ2) is 4.89. The summed E-state index contributed by atoms with van der Waals surface area (Å²) in [4.78, 5) is 14.0. The molecule has 0 radical (unpaired) electrons. The van der Waals surface area contributed by atoms with Crippen LogP contribution < -0.4 is 15.4 Å². The average molecular weight is 268 g/mol. The number of benzene rings is 2. The molecule has 1 heterocycles. The Hall–Kier alpha value is -2.49. The molecule has 0 spiro atoms. The summed E-state index contributed by atoms with van der Waals surface area (Å²) in [6.07, 6.45) is 0.0758. The highest BCUT2D eigenvalue weighted by Crippen LogP contribution is 2.35. The fraction of sp³-hybridized carbons (Fsp3) is 0.188. The lowest BCUT2D eigenvalue weighted by Crippen LogP contribution is -2.44. The van der Waals surface area contributed by atoms with E-state index in [4.69, 9.17) is 10.5 Å². The maximum atomic E-state index is 12.4. The number of nitrogens with zero attached hydrogens (tertiary/aromatic N) is 1. The lowest BCUT2D eigenvalue weighted by Gasteiger charge is -2.32. The van der Waals surface area contributed by atoms with Gasteiger partial charge in [-0.2, -0.15) is 0 Å². The molecule has 0 fully saturated rings. The predicted octanol–water partition coefficient (Wildman–Crippen LogP) is 2.24. The molecule has 102 valence electrons. The minimum Gasteiger partial charge on any atom is -0.478 e. The average Bonchev–Trinajstić information content (AvgIpc) is 2.46. The molecule has 2 aromatic rings. The predicted molar refractivity (Wildman–Crippen MR) is 78.8 cm³/mol. The van der Waals surface area contributed by atoms with E-state index in [1.54, 1.807) is 24.1 Å². The molecule has 0 aromatic heterocycles. The van der Waals surface area contributed by atoms with Crippen LogP contribution in [0, 0.1) is 0 Å². The normalized spacial score (nSPS) is 17.6. The molecule has 2 N–H and O–H groups in total. The van der Waals surface area contributed by atoms with Gasteiger partial charge in [-0.3, -0.25) is 4.79 Å². The molecular weight excluding hydrogens is 252 g/mol. The molecule has 3 rings (SSSR count). The zero-order chi connectivity index (χ0) is 14.1. The van der Waals surface area contributed by atoms with Crippen molar-refractivity contribution in [1.82, 2.24) is 0 Å². The number of carbonyl (C=O) groups is 1. The lowest BCUT2D eigenvalue weighted by molar-refractivity contribution is -0.125. The number of ether oxygens (including phenoxy) is 1. The van der Waals surface area contributed by atoms with Crippen LogP contribution in [-0.2, 0) is 11.2 Å². The van der Waals surface area contributed by atoms with Crippen molar-refractivity contribution in [2.75, 3.05) is 17.7 Å². The van der Waals surface area contributed by atoms with Gasteiger partial charge in [0.15, 0.2) is 6.10 Å². The van der Waals surface area contributed by atoms with Gasteiger partial charge in [-0.15, -0.1) is 0 Å². The number of hydrogen-bond acceptors (Lipinski definition) is 3. The van der Waals surface area contributed by atoms with Gasteiger partial charge in [-0.1, -0.05) is 30.3 Å².